The van der Waals surface area contributed by atoms with Crippen LogP contribution in [0.1, 0.15) is 25.3 Å². The van der Waals surface area contributed by atoms with Gasteiger partial charge in [-0.15, -0.1) is 0 Å². The molecule has 2 nitrogen and oxygen atoms in total. The molecule has 1 unspecified atom stereocenters. The smallest absolute Gasteiger partial charge is 0.142 e. The van der Waals surface area contributed by atoms with Gasteiger partial charge in [-0.05, 0) is 56.5 Å². The second-order valence-electron chi connectivity index (χ2n) is 5.22. The largest absolute Gasteiger partial charge is 0.328 e. The third kappa shape index (κ3) is 3.44. The zero-order valence-electron chi connectivity index (χ0n) is 10.7. The van der Waals surface area contributed by atoms with E-state index in [0.717, 1.165) is 38.0 Å². The van der Waals surface area contributed by atoms with E-state index in [-0.39, 0.29) is 16.9 Å². The number of hydrogen-bond donors (Lipinski definition) is 1. The lowest BCUT2D eigenvalue weighted by atomic mass is 9.91. The average molecular weight is 271 g/mol. The molecule has 0 amide bonds. The van der Waals surface area contributed by atoms with Gasteiger partial charge in [0, 0.05) is 12.6 Å². The summed E-state index contributed by atoms with van der Waals surface area (Å²) in [5.41, 5.74) is 6.90. The van der Waals surface area contributed by atoms with Gasteiger partial charge in [0.05, 0.1) is 5.02 Å². The van der Waals surface area contributed by atoms with E-state index in [4.69, 9.17) is 17.3 Å². The fraction of sp³-hybridized carbons (Fsp3) is 0.571. The second-order valence-corrected chi connectivity index (χ2v) is 5.63. The maximum Gasteiger partial charge on any atom is 0.142 e. The van der Waals surface area contributed by atoms with E-state index >= 15 is 0 Å². The molecule has 0 aromatic heterocycles. The minimum atomic E-state index is -0.334. The van der Waals surface area contributed by atoms with Crippen molar-refractivity contribution in [1.82, 2.24) is 4.90 Å². The van der Waals surface area contributed by atoms with Crippen LogP contribution in [0.5, 0.6) is 0 Å². The molecule has 2 rings (SSSR count). The van der Waals surface area contributed by atoms with Crippen LogP contribution in [0, 0.1) is 11.7 Å². The fourth-order valence-electron chi connectivity index (χ4n) is 2.53. The summed E-state index contributed by atoms with van der Waals surface area (Å²) in [7, 11) is 0. The van der Waals surface area contributed by atoms with Crippen molar-refractivity contribution >= 4 is 11.6 Å². The Hall–Kier alpha value is -0.640. The highest BCUT2D eigenvalue weighted by atomic mass is 35.5. The summed E-state index contributed by atoms with van der Waals surface area (Å²) in [5, 5.41) is 0.189. The first-order valence-corrected chi connectivity index (χ1v) is 6.86. The van der Waals surface area contributed by atoms with E-state index in [0.29, 0.717) is 5.92 Å². The number of likely N-dealkylation sites (tertiary alicyclic amines) is 1. The molecule has 2 N–H and O–H groups in total. The molecule has 1 atom stereocenters. The Kier molecular flexibility index (Phi) is 4.60. The summed E-state index contributed by atoms with van der Waals surface area (Å²) in [6.07, 6.45) is 2.27. The number of nitrogens with zero attached hydrogens (tertiary/aromatic N) is 1. The van der Waals surface area contributed by atoms with Crippen molar-refractivity contribution < 1.29 is 4.39 Å². The van der Waals surface area contributed by atoms with Crippen LogP contribution >= 0.6 is 11.6 Å². The van der Waals surface area contributed by atoms with Gasteiger partial charge < -0.3 is 5.73 Å². The Labute approximate surface area is 113 Å². The normalized spacial score (nSPS) is 20.0. The van der Waals surface area contributed by atoms with Gasteiger partial charge in [0.2, 0.25) is 0 Å². The van der Waals surface area contributed by atoms with Crippen molar-refractivity contribution in [2.24, 2.45) is 11.7 Å². The first kappa shape index (κ1) is 13.8. The Bertz CT molecular complexity index is 401. The van der Waals surface area contributed by atoms with Crippen molar-refractivity contribution in [1.29, 1.82) is 0 Å². The molecule has 0 bridgehead atoms. The van der Waals surface area contributed by atoms with Crippen LogP contribution in [-0.2, 0) is 6.54 Å². The molecular weight excluding hydrogens is 251 g/mol. The highest BCUT2D eigenvalue weighted by molar-refractivity contribution is 6.30. The highest BCUT2D eigenvalue weighted by Gasteiger charge is 2.21. The van der Waals surface area contributed by atoms with Gasteiger partial charge >= 0.3 is 0 Å². The molecule has 1 aliphatic rings. The standard InChI is InChI=1S/C14H20ClFN2/c1-10(17)12-4-6-18(7-5-12)9-11-2-3-13(15)14(16)8-11/h2-3,8,10,12H,4-7,9,17H2,1H3. The summed E-state index contributed by atoms with van der Waals surface area (Å²) in [6, 6.07) is 5.32. The zero-order chi connectivity index (χ0) is 13.1. The predicted molar refractivity (Wildman–Crippen MR) is 73.1 cm³/mol. The van der Waals surface area contributed by atoms with Gasteiger partial charge in [-0.2, -0.15) is 0 Å². The zero-order valence-corrected chi connectivity index (χ0v) is 11.5. The average Bonchev–Trinajstić information content (AvgIpc) is 2.34. The Morgan fingerprint density at radius 3 is 2.67 bits per heavy atom. The van der Waals surface area contributed by atoms with Gasteiger partial charge in [0.25, 0.3) is 0 Å². The van der Waals surface area contributed by atoms with Crippen LogP contribution < -0.4 is 5.73 Å². The summed E-state index contributed by atoms with van der Waals surface area (Å²) in [5.74, 6) is 0.294. The lowest BCUT2D eigenvalue weighted by Gasteiger charge is -2.33. The SMILES string of the molecule is CC(N)C1CCN(Cc2ccc(Cl)c(F)c2)CC1. The second kappa shape index (κ2) is 6.00. The minimum absolute atomic E-state index is 0.189. The van der Waals surface area contributed by atoms with Crippen molar-refractivity contribution in [2.75, 3.05) is 13.1 Å². The first-order valence-electron chi connectivity index (χ1n) is 6.48. The minimum Gasteiger partial charge on any atom is -0.328 e. The number of halogens is 2. The molecule has 1 aromatic rings. The maximum absolute atomic E-state index is 13.3. The molecule has 1 aliphatic heterocycles. The van der Waals surface area contributed by atoms with Crippen molar-refractivity contribution in [3.63, 3.8) is 0 Å². The lowest BCUT2D eigenvalue weighted by molar-refractivity contribution is 0.165. The molecule has 1 saturated heterocycles. The van der Waals surface area contributed by atoms with Crippen LogP contribution in [0.2, 0.25) is 5.02 Å². The fourth-order valence-corrected chi connectivity index (χ4v) is 2.65. The van der Waals surface area contributed by atoms with Crippen LogP contribution in [0.25, 0.3) is 0 Å². The lowest BCUT2D eigenvalue weighted by Crippen LogP contribution is -2.39. The quantitative estimate of drug-likeness (QED) is 0.915. The molecule has 0 radical (unpaired) electrons. The number of rotatable bonds is 3. The van der Waals surface area contributed by atoms with Gasteiger partial charge in [-0.1, -0.05) is 17.7 Å². The summed E-state index contributed by atoms with van der Waals surface area (Å²) >= 11 is 5.67. The monoisotopic (exact) mass is 270 g/mol. The third-order valence-corrected chi connectivity index (χ3v) is 4.07. The molecule has 18 heavy (non-hydrogen) atoms. The van der Waals surface area contributed by atoms with E-state index in [2.05, 4.69) is 11.8 Å². The number of nitrogens with two attached hydrogens (primary N) is 1. The highest BCUT2D eigenvalue weighted by Crippen LogP contribution is 2.22. The van der Waals surface area contributed by atoms with Crippen LogP contribution in [0.15, 0.2) is 18.2 Å². The topological polar surface area (TPSA) is 29.3 Å². The van der Waals surface area contributed by atoms with Crippen molar-refractivity contribution in [3.8, 4) is 0 Å². The molecular formula is C14H20ClFN2. The van der Waals surface area contributed by atoms with Gasteiger partial charge in [-0.3, -0.25) is 4.90 Å². The van der Waals surface area contributed by atoms with E-state index in [1.165, 1.54) is 6.07 Å². The van der Waals surface area contributed by atoms with Crippen LogP contribution in [0.3, 0.4) is 0 Å². The Balaban J connectivity index is 1.89. The van der Waals surface area contributed by atoms with Crippen LogP contribution in [0.4, 0.5) is 4.39 Å². The number of hydrogen-bond acceptors (Lipinski definition) is 2. The summed E-state index contributed by atoms with van der Waals surface area (Å²) in [6.45, 7) is 4.95. The Morgan fingerprint density at radius 1 is 1.44 bits per heavy atom. The molecule has 100 valence electrons. The number of piperidine rings is 1. The first-order chi connectivity index (χ1) is 8.56. The molecule has 1 heterocycles. The van der Waals surface area contributed by atoms with Gasteiger partial charge in [0.15, 0.2) is 0 Å². The summed E-state index contributed by atoms with van der Waals surface area (Å²) in [4.78, 5) is 2.35. The van der Waals surface area contributed by atoms with E-state index in [1.807, 2.05) is 6.07 Å². The third-order valence-electron chi connectivity index (χ3n) is 3.77. The van der Waals surface area contributed by atoms with E-state index in [9.17, 15) is 4.39 Å². The molecule has 4 heteroatoms. The van der Waals surface area contributed by atoms with Crippen LogP contribution in [-0.4, -0.2) is 24.0 Å². The molecule has 1 aromatic carbocycles. The molecule has 0 saturated carbocycles. The molecule has 1 fully saturated rings. The van der Waals surface area contributed by atoms with Crippen molar-refractivity contribution in [3.05, 3.63) is 34.6 Å². The van der Waals surface area contributed by atoms with E-state index in [1.54, 1.807) is 6.07 Å². The number of benzene rings is 1. The van der Waals surface area contributed by atoms with Gasteiger partial charge in [-0.25, -0.2) is 4.39 Å². The van der Waals surface area contributed by atoms with Crippen molar-refractivity contribution in [2.45, 2.75) is 32.4 Å². The Morgan fingerprint density at radius 2 is 2.11 bits per heavy atom. The maximum atomic E-state index is 13.3. The van der Waals surface area contributed by atoms with E-state index < -0.39 is 0 Å². The molecule has 0 aliphatic carbocycles. The van der Waals surface area contributed by atoms with Gasteiger partial charge in [0.1, 0.15) is 5.82 Å². The summed E-state index contributed by atoms with van der Waals surface area (Å²) < 4.78 is 13.3. The predicted octanol–water partition coefficient (Wildman–Crippen LogP) is 3.04. The molecule has 0 spiro atoms.